The largest absolute Gasteiger partial charge is 0.384 e. The van der Waals surface area contributed by atoms with Crippen molar-refractivity contribution in [2.45, 2.75) is 10.9 Å². The van der Waals surface area contributed by atoms with E-state index in [2.05, 4.69) is 15.2 Å². The highest BCUT2D eigenvalue weighted by atomic mass is 32.2. The first kappa shape index (κ1) is 9.97. The first-order valence-corrected chi connectivity index (χ1v) is 5.42. The molecule has 0 amide bonds. The Kier molecular flexibility index (Phi) is 2.86. The van der Waals surface area contributed by atoms with Crippen LogP contribution in [0.15, 0.2) is 29.7 Å². The molecule has 78 valence electrons. The Labute approximate surface area is 91.7 Å². The van der Waals surface area contributed by atoms with Gasteiger partial charge in [0.25, 0.3) is 0 Å². The fourth-order valence-corrected chi connectivity index (χ4v) is 1.91. The predicted molar refractivity (Wildman–Crippen MR) is 59.2 cm³/mol. The summed E-state index contributed by atoms with van der Waals surface area (Å²) < 4.78 is 1.87. The Morgan fingerprint density at radius 2 is 2.33 bits per heavy atom. The van der Waals surface area contributed by atoms with Crippen LogP contribution in [-0.4, -0.2) is 19.7 Å². The summed E-state index contributed by atoms with van der Waals surface area (Å²) in [5, 5.41) is 8.64. The summed E-state index contributed by atoms with van der Waals surface area (Å²) in [6, 6.07) is 5.62. The summed E-state index contributed by atoms with van der Waals surface area (Å²) in [4.78, 5) is 4.20. The highest BCUT2D eigenvalue weighted by Gasteiger charge is 2.02. The van der Waals surface area contributed by atoms with Gasteiger partial charge in [0.15, 0.2) is 5.16 Å². The quantitative estimate of drug-likeness (QED) is 0.785. The number of pyridine rings is 1. The third-order valence-corrected chi connectivity index (χ3v) is 2.92. The van der Waals surface area contributed by atoms with E-state index in [-0.39, 0.29) is 0 Å². The lowest BCUT2D eigenvalue weighted by molar-refractivity contribution is 0.788. The van der Waals surface area contributed by atoms with Gasteiger partial charge < -0.3 is 10.3 Å². The summed E-state index contributed by atoms with van der Waals surface area (Å²) in [5.74, 6) is 1.29. The molecule has 0 spiro atoms. The molecule has 2 aromatic rings. The molecule has 6 heteroatoms. The van der Waals surface area contributed by atoms with E-state index in [9.17, 15) is 0 Å². The van der Waals surface area contributed by atoms with Crippen LogP contribution in [0.1, 0.15) is 5.69 Å². The Morgan fingerprint density at radius 3 is 3.00 bits per heavy atom. The molecule has 0 radical (unpaired) electrons. The molecule has 2 heterocycles. The first-order valence-electron chi connectivity index (χ1n) is 4.44. The molecule has 0 unspecified atom stereocenters. The molecule has 0 aliphatic heterocycles. The molecule has 2 aromatic heterocycles. The van der Waals surface area contributed by atoms with E-state index in [4.69, 9.17) is 5.73 Å². The standard InChI is InChI=1S/C9H11N5S/c1-14-6-11-13-9(14)15-5-7-3-2-4-8(10)12-7/h2-4,6H,5H2,1H3,(H2,10,12). The second kappa shape index (κ2) is 4.31. The van der Waals surface area contributed by atoms with Crippen LogP contribution in [0.4, 0.5) is 5.82 Å². The number of nitrogen functional groups attached to an aromatic ring is 1. The number of rotatable bonds is 3. The lowest BCUT2D eigenvalue weighted by Gasteiger charge is -2.00. The van der Waals surface area contributed by atoms with Crippen LogP contribution in [0, 0.1) is 0 Å². The van der Waals surface area contributed by atoms with E-state index in [0.717, 1.165) is 16.6 Å². The monoisotopic (exact) mass is 221 g/mol. The van der Waals surface area contributed by atoms with Crippen LogP contribution in [0.25, 0.3) is 0 Å². The molecule has 0 saturated carbocycles. The second-order valence-electron chi connectivity index (χ2n) is 3.07. The minimum atomic E-state index is 0.547. The third kappa shape index (κ3) is 2.47. The van der Waals surface area contributed by atoms with Gasteiger partial charge in [-0.3, -0.25) is 0 Å². The Bertz CT molecular complexity index is 453. The van der Waals surface area contributed by atoms with Gasteiger partial charge in [-0.1, -0.05) is 17.8 Å². The number of nitrogens with zero attached hydrogens (tertiary/aromatic N) is 4. The van der Waals surface area contributed by atoms with Crippen molar-refractivity contribution >= 4 is 17.6 Å². The molecule has 5 nitrogen and oxygen atoms in total. The molecule has 0 aromatic carbocycles. The van der Waals surface area contributed by atoms with Crippen molar-refractivity contribution in [3.8, 4) is 0 Å². The van der Waals surface area contributed by atoms with E-state index in [1.807, 2.05) is 23.7 Å². The number of hydrogen-bond donors (Lipinski definition) is 1. The lowest BCUT2D eigenvalue weighted by atomic mass is 10.4. The summed E-state index contributed by atoms with van der Waals surface area (Å²) in [6.07, 6.45) is 1.68. The highest BCUT2D eigenvalue weighted by molar-refractivity contribution is 7.98. The van der Waals surface area contributed by atoms with Crippen molar-refractivity contribution in [3.05, 3.63) is 30.2 Å². The van der Waals surface area contributed by atoms with Crippen LogP contribution >= 0.6 is 11.8 Å². The van der Waals surface area contributed by atoms with E-state index in [1.165, 1.54) is 0 Å². The number of hydrogen-bond acceptors (Lipinski definition) is 5. The van der Waals surface area contributed by atoms with Gasteiger partial charge in [-0.15, -0.1) is 10.2 Å². The fraction of sp³-hybridized carbons (Fsp3) is 0.222. The molecule has 0 fully saturated rings. The lowest BCUT2D eigenvalue weighted by Crippen LogP contribution is -1.95. The van der Waals surface area contributed by atoms with Crippen molar-refractivity contribution in [3.63, 3.8) is 0 Å². The molecule has 0 saturated heterocycles. The van der Waals surface area contributed by atoms with E-state index >= 15 is 0 Å². The zero-order valence-electron chi connectivity index (χ0n) is 8.29. The molecule has 0 aliphatic carbocycles. The van der Waals surface area contributed by atoms with Gasteiger partial charge >= 0.3 is 0 Å². The first-order chi connectivity index (χ1) is 7.25. The number of aryl methyl sites for hydroxylation is 1. The van der Waals surface area contributed by atoms with Crippen molar-refractivity contribution in [2.75, 3.05) is 5.73 Å². The normalized spacial score (nSPS) is 10.5. The molecule has 0 atom stereocenters. The van der Waals surface area contributed by atoms with Crippen LogP contribution in [0.3, 0.4) is 0 Å². The number of nitrogens with two attached hydrogens (primary N) is 1. The minimum absolute atomic E-state index is 0.547. The number of anilines is 1. The topological polar surface area (TPSA) is 69.6 Å². The van der Waals surface area contributed by atoms with Crippen LogP contribution in [0.5, 0.6) is 0 Å². The summed E-state index contributed by atoms with van der Waals surface area (Å²) in [7, 11) is 1.91. The fourth-order valence-electron chi connectivity index (χ4n) is 1.12. The smallest absolute Gasteiger partial charge is 0.191 e. The van der Waals surface area contributed by atoms with Crippen molar-refractivity contribution in [1.82, 2.24) is 19.7 Å². The minimum Gasteiger partial charge on any atom is -0.384 e. The molecule has 0 aliphatic rings. The molecule has 2 rings (SSSR count). The Morgan fingerprint density at radius 1 is 1.47 bits per heavy atom. The van der Waals surface area contributed by atoms with Crippen molar-refractivity contribution < 1.29 is 0 Å². The van der Waals surface area contributed by atoms with Crippen LogP contribution in [0.2, 0.25) is 0 Å². The van der Waals surface area contributed by atoms with Gasteiger partial charge in [-0.25, -0.2) is 4.98 Å². The number of aromatic nitrogens is 4. The number of thioether (sulfide) groups is 1. The molecular formula is C9H11N5S. The zero-order valence-corrected chi connectivity index (χ0v) is 9.11. The molecule has 0 bridgehead atoms. The van der Waals surface area contributed by atoms with Gasteiger partial charge in [0.2, 0.25) is 0 Å². The summed E-state index contributed by atoms with van der Waals surface area (Å²) in [6.45, 7) is 0. The maximum Gasteiger partial charge on any atom is 0.191 e. The van der Waals surface area contributed by atoms with Crippen LogP contribution < -0.4 is 5.73 Å². The molecule has 2 N–H and O–H groups in total. The van der Waals surface area contributed by atoms with Gasteiger partial charge in [0, 0.05) is 12.8 Å². The summed E-state index contributed by atoms with van der Waals surface area (Å²) >= 11 is 1.59. The van der Waals surface area contributed by atoms with Gasteiger partial charge in [0.05, 0.1) is 5.69 Å². The zero-order chi connectivity index (χ0) is 10.7. The predicted octanol–water partition coefficient (Wildman–Crippen LogP) is 1.08. The maximum atomic E-state index is 5.58. The van der Waals surface area contributed by atoms with Gasteiger partial charge in [0.1, 0.15) is 12.1 Å². The Hall–Kier alpha value is -1.56. The van der Waals surface area contributed by atoms with E-state index in [0.29, 0.717) is 5.82 Å². The van der Waals surface area contributed by atoms with E-state index in [1.54, 1.807) is 24.2 Å². The van der Waals surface area contributed by atoms with E-state index < -0.39 is 0 Å². The van der Waals surface area contributed by atoms with Gasteiger partial charge in [-0.05, 0) is 12.1 Å². The van der Waals surface area contributed by atoms with Gasteiger partial charge in [-0.2, -0.15) is 0 Å². The maximum absolute atomic E-state index is 5.58. The molecule has 15 heavy (non-hydrogen) atoms. The second-order valence-corrected chi connectivity index (χ2v) is 4.01. The third-order valence-electron chi connectivity index (χ3n) is 1.85. The van der Waals surface area contributed by atoms with Crippen LogP contribution in [-0.2, 0) is 12.8 Å². The average molecular weight is 221 g/mol. The molecular weight excluding hydrogens is 210 g/mol. The van der Waals surface area contributed by atoms with Crippen molar-refractivity contribution in [1.29, 1.82) is 0 Å². The summed E-state index contributed by atoms with van der Waals surface area (Å²) in [5.41, 5.74) is 6.53. The Balaban J connectivity index is 2.02. The van der Waals surface area contributed by atoms with Crippen molar-refractivity contribution in [2.24, 2.45) is 7.05 Å². The SMILES string of the molecule is Cn1cnnc1SCc1cccc(N)n1. The highest BCUT2D eigenvalue weighted by Crippen LogP contribution is 2.18. The average Bonchev–Trinajstić information content (AvgIpc) is 2.61.